The summed E-state index contributed by atoms with van der Waals surface area (Å²) in [7, 11) is 0. The van der Waals surface area contributed by atoms with Crippen molar-refractivity contribution in [3.05, 3.63) is 215 Å². The summed E-state index contributed by atoms with van der Waals surface area (Å²) in [6, 6.07) is 73.7. The largest absolute Gasteiger partial charge is 0.310 e. The molecule has 0 fully saturated rings. The first kappa shape index (κ1) is 34.8. The Morgan fingerprint density at radius 2 is 0.931 bits per heavy atom. The Morgan fingerprint density at radius 1 is 0.414 bits per heavy atom. The summed E-state index contributed by atoms with van der Waals surface area (Å²) in [6.07, 6.45) is 0. The summed E-state index contributed by atoms with van der Waals surface area (Å²) in [6.45, 7) is 4.81. The third kappa shape index (κ3) is 5.52. The van der Waals surface area contributed by atoms with E-state index in [-0.39, 0.29) is 5.41 Å². The molecule has 2 nitrogen and oxygen atoms in total. The number of benzene rings is 9. The molecular formula is C55H39IN2. The third-order valence-corrected chi connectivity index (χ3v) is 12.9. The van der Waals surface area contributed by atoms with Gasteiger partial charge < -0.3 is 9.47 Å². The summed E-state index contributed by atoms with van der Waals surface area (Å²) in [5.74, 6) is 0. The molecule has 11 rings (SSSR count). The zero-order valence-electron chi connectivity index (χ0n) is 32.3. The lowest BCUT2D eigenvalue weighted by Gasteiger charge is -2.28. The number of nitrogens with zero attached hydrogens (tertiary/aromatic N) is 2. The van der Waals surface area contributed by atoms with E-state index >= 15 is 0 Å². The predicted octanol–water partition coefficient (Wildman–Crippen LogP) is 15.7. The molecule has 1 aliphatic carbocycles. The van der Waals surface area contributed by atoms with Gasteiger partial charge in [0, 0.05) is 42.2 Å². The highest BCUT2D eigenvalue weighted by atomic mass is 127. The van der Waals surface area contributed by atoms with E-state index in [0.29, 0.717) is 0 Å². The first-order chi connectivity index (χ1) is 28.4. The maximum Gasteiger partial charge on any atom is 0.0544 e. The van der Waals surface area contributed by atoms with Crippen molar-refractivity contribution in [1.29, 1.82) is 0 Å². The highest BCUT2D eigenvalue weighted by Gasteiger charge is 2.38. The van der Waals surface area contributed by atoms with Crippen LogP contribution in [0.1, 0.15) is 25.0 Å². The minimum absolute atomic E-state index is 0.256. The second-order valence-corrected chi connectivity index (χ2v) is 17.1. The first-order valence-corrected chi connectivity index (χ1v) is 21.0. The van der Waals surface area contributed by atoms with Crippen molar-refractivity contribution in [3.8, 4) is 39.1 Å². The molecule has 10 aromatic rings. The minimum Gasteiger partial charge on any atom is -0.310 e. The molecule has 0 radical (unpaired) electrons. The number of hydrogen-bond donors (Lipinski definition) is 0. The van der Waals surface area contributed by atoms with Gasteiger partial charge in [0.05, 0.1) is 16.7 Å². The molecule has 0 amide bonds. The first-order valence-electron chi connectivity index (χ1n) is 20.0. The molecule has 0 unspecified atom stereocenters. The molecular weight excluding hydrogens is 816 g/mol. The Hall–Kier alpha value is -6.43. The SMILES string of the molecule is CC1(C)c2cc(N(c3ccccc3)c3ccc(I)cc3)ccc2-c2c1cc(-n1c3ccc(-c4ccccc4)cc3c3cc(-c4ccccc4)ccc31)c1ccccc21. The average molecular weight is 855 g/mol. The summed E-state index contributed by atoms with van der Waals surface area (Å²) in [5.41, 5.74) is 17.0. The van der Waals surface area contributed by atoms with Gasteiger partial charge in [-0.2, -0.15) is 0 Å². The summed E-state index contributed by atoms with van der Waals surface area (Å²) < 4.78 is 3.74. The van der Waals surface area contributed by atoms with Crippen LogP contribution in [0.4, 0.5) is 17.1 Å². The number of para-hydroxylation sites is 1. The van der Waals surface area contributed by atoms with Gasteiger partial charge in [-0.25, -0.2) is 0 Å². The average Bonchev–Trinajstić information content (AvgIpc) is 3.72. The number of anilines is 3. The van der Waals surface area contributed by atoms with Gasteiger partial charge in [-0.1, -0.05) is 135 Å². The van der Waals surface area contributed by atoms with Crippen LogP contribution in [-0.2, 0) is 5.41 Å². The molecule has 1 aliphatic rings. The number of hydrogen-bond acceptors (Lipinski definition) is 1. The predicted molar refractivity (Wildman–Crippen MR) is 254 cm³/mol. The molecule has 0 spiro atoms. The van der Waals surface area contributed by atoms with Crippen molar-refractivity contribution in [2.45, 2.75) is 19.3 Å². The molecule has 0 saturated carbocycles. The van der Waals surface area contributed by atoms with Gasteiger partial charge in [-0.15, -0.1) is 0 Å². The molecule has 0 N–H and O–H groups in total. The smallest absolute Gasteiger partial charge is 0.0544 e. The highest BCUT2D eigenvalue weighted by molar-refractivity contribution is 14.1. The lowest BCUT2D eigenvalue weighted by molar-refractivity contribution is 0.660. The maximum atomic E-state index is 2.52. The van der Waals surface area contributed by atoms with E-state index in [2.05, 4.69) is 246 Å². The van der Waals surface area contributed by atoms with E-state index in [4.69, 9.17) is 0 Å². The monoisotopic (exact) mass is 854 g/mol. The molecule has 0 saturated heterocycles. The Bertz CT molecular complexity index is 3080. The second-order valence-electron chi connectivity index (χ2n) is 15.9. The van der Waals surface area contributed by atoms with Crippen LogP contribution >= 0.6 is 22.6 Å². The Morgan fingerprint density at radius 3 is 1.53 bits per heavy atom. The fourth-order valence-electron chi connectivity index (χ4n) is 9.39. The van der Waals surface area contributed by atoms with Crippen molar-refractivity contribution in [3.63, 3.8) is 0 Å². The Labute approximate surface area is 352 Å². The van der Waals surface area contributed by atoms with Crippen LogP contribution < -0.4 is 4.90 Å². The van der Waals surface area contributed by atoms with Crippen LogP contribution in [0.15, 0.2) is 200 Å². The molecule has 276 valence electrons. The van der Waals surface area contributed by atoms with Gasteiger partial charge >= 0.3 is 0 Å². The van der Waals surface area contributed by atoms with Crippen LogP contribution in [0.2, 0.25) is 0 Å². The number of rotatable bonds is 6. The van der Waals surface area contributed by atoms with Crippen molar-refractivity contribution in [2.75, 3.05) is 4.90 Å². The standard InChI is InChI=1S/C55H39IN2/c1-55(2)49-34-43(57(41-18-10-5-11-19-41)42-26-24-40(56)25-27-42)28-29-46(49)54-45-21-13-12-20-44(45)53(35-50(54)55)58-51-30-22-38(36-14-6-3-7-15-36)32-47(51)48-33-39(23-31-52(48)58)37-16-8-4-9-17-37/h3-35H,1-2H3. The topological polar surface area (TPSA) is 8.17 Å². The summed E-state index contributed by atoms with van der Waals surface area (Å²) >= 11 is 2.39. The van der Waals surface area contributed by atoms with Crippen molar-refractivity contribution < 1.29 is 0 Å². The zero-order valence-corrected chi connectivity index (χ0v) is 34.5. The van der Waals surface area contributed by atoms with E-state index in [1.165, 1.54) is 86.3 Å². The highest BCUT2D eigenvalue weighted by Crippen LogP contribution is 2.54. The molecule has 3 heteroatoms. The second kappa shape index (κ2) is 13.6. The molecule has 0 aliphatic heterocycles. The van der Waals surface area contributed by atoms with Gasteiger partial charge in [0.1, 0.15) is 0 Å². The van der Waals surface area contributed by atoms with E-state index in [0.717, 1.165) is 17.1 Å². The minimum atomic E-state index is -0.256. The van der Waals surface area contributed by atoms with Crippen LogP contribution in [0.25, 0.3) is 71.6 Å². The van der Waals surface area contributed by atoms with Crippen molar-refractivity contribution in [2.24, 2.45) is 0 Å². The van der Waals surface area contributed by atoms with E-state index in [1.807, 2.05) is 0 Å². The van der Waals surface area contributed by atoms with Crippen LogP contribution in [0, 0.1) is 3.57 Å². The van der Waals surface area contributed by atoms with Gasteiger partial charge in [-0.3, -0.25) is 0 Å². The summed E-state index contributed by atoms with van der Waals surface area (Å²) in [4.78, 5) is 2.38. The molecule has 1 aromatic heterocycles. The fourth-order valence-corrected chi connectivity index (χ4v) is 9.75. The van der Waals surface area contributed by atoms with Crippen LogP contribution in [0.5, 0.6) is 0 Å². The van der Waals surface area contributed by atoms with E-state index in [9.17, 15) is 0 Å². The Kier molecular flexibility index (Phi) is 8.16. The van der Waals surface area contributed by atoms with E-state index in [1.54, 1.807) is 0 Å². The quantitative estimate of drug-likeness (QED) is 0.151. The van der Waals surface area contributed by atoms with Crippen LogP contribution in [-0.4, -0.2) is 4.57 Å². The van der Waals surface area contributed by atoms with Crippen molar-refractivity contribution in [1.82, 2.24) is 4.57 Å². The molecule has 0 bridgehead atoms. The van der Waals surface area contributed by atoms with Gasteiger partial charge in [0.25, 0.3) is 0 Å². The molecule has 9 aromatic carbocycles. The Balaban J connectivity index is 1.14. The van der Waals surface area contributed by atoms with Gasteiger partial charge in [0.15, 0.2) is 0 Å². The lowest BCUT2D eigenvalue weighted by atomic mass is 9.81. The third-order valence-electron chi connectivity index (χ3n) is 12.2. The molecule has 1 heterocycles. The number of fused-ring (bicyclic) bond motifs is 8. The van der Waals surface area contributed by atoms with Gasteiger partial charge in [0.2, 0.25) is 0 Å². The number of halogens is 1. The van der Waals surface area contributed by atoms with E-state index < -0.39 is 0 Å². The lowest BCUT2D eigenvalue weighted by Crippen LogP contribution is -2.17. The fraction of sp³-hybridized carbons (Fsp3) is 0.0545. The van der Waals surface area contributed by atoms with Crippen molar-refractivity contribution >= 4 is 72.2 Å². The van der Waals surface area contributed by atoms with Gasteiger partial charge in [-0.05, 0) is 151 Å². The van der Waals surface area contributed by atoms with Crippen LogP contribution in [0.3, 0.4) is 0 Å². The zero-order chi connectivity index (χ0) is 39.0. The number of aromatic nitrogens is 1. The normalized spacial score (nSPS) is 12.9. The molecule has 58 heavy (non-hydrogen) atoms. The maximum absolute atomic E-state index is 2.52. The molecule has 0 atom stereocenters. The summed E-state index contributed by atoms with van der Waals surface area (Å²) in [5, 5.41) is 5.03.